The normalized spacial score (nSPS) is 14.2. The monoisotopic (exact) mass is 386 g/mol. The van der Waals surface area contributed by atoms with E-state index in [0.717, 1.165) is 22.6 Å². The fourth-order valence-electron chi connectivity index (χ4n) is 3.20. The lowest BCUT2D eigenvalue weighted by Gasteiger charge is -2.26. The molecule has 1 unspecified atom stereocenters. The van der Waals surface area contributed by atoms with Crippen molar-refractivity contribution in [1.29, 1.82) is 0 Å². The molecule has 1 aliphatic rings. The summed E-state index contributed by atoms with van der Waals surface area (Å²) in [5, 5.41) is 0. The van der Waals surface area contributed by atoms with Crippen LogP contribution in [0.15, 0.2) is 36.4 Å². The maximum Gasteiger partial charge on any atom is 0.261 e. The maximum atomic E-state index is 13.4. The molecule has 0 bridgehead atoms. The minimum absolute atomic E-state index is 0.0426. The fraction of sp³-hybridized carbons (Fsp3) is 0.286. The maximum absolute atomic E-state index is 13.4. The molecule has 1 aliphatic heterocycles. The highest BCUT2D eigenvalue weighted by atomic mass is 19.2. The number of imide groups is 1. The molecular weight excluding hydrogens is 366 g/mol. The third kappa shape index (κ3) is 3.52. The zero-order valence-corrected chi connectivity index (χ0v) is 15.8. The molecular formula is C21H20F2N2O3. The van der Waals surface area contributed by atoms with Crippen molar-refractivity contribution in [3.8, 4) is 0 Å². The Kier molecular flexibility index (Phi) is 5.27. The van der Waals surface area contributed by atoms with E-state index in [9.17, 15) is 23.2 Å². The molecule has 2 aromatic rings. The Bertz CT molecular complexity index is 974. The first kappa shape index (κ1) is 19.7. The van der Waals surface area contributed by atoms with Crippen molar-refractivity contribution in [2.45, 2.75) is 26.3 Å². The molecule has 5 nitrogen and oxygen atoms in total. The molecule has 0 N–H and O–H groups in total. The molecule has 0 radical (unpaired) electrons. The first-order valence-corrected chi connectivity index (χ1v) is 8.88. The van der Waals surface area contributed by atoms with Crippen molar-refractivity contribution in [1.82, 2.24) is 9.80 Å². The number of nitrogens with zero attached hydrogens (tertiary/aromatic N) is 2. The van der Waals surface area contributed by atoms with Crippen molar-refractivity contribution < 1.29 is 23.2 Å². The van der Waals surface area contributed by atoms with E-state index in [4.69, 9.17) is 0 Å². The van der Waals surface area contributed by atoms with Crippen molar-refractivity contribution in [3.05, 3.63) is 70.3 Å². The molecule has 7 heteroatoms. The number of fused-ring (bicyclic) bond motifs is 1. The third-order valence-corrected chi connectivity index (χ3v) is 5.08. The minimum Gasteiger partial charge on any atom is -0.339 e. The minimum atomic E-state index is -0.980. The van der Waals surface area contributed by atoms with Gasteiger partial charge in [0.2, 0.25) is 5.91 Å². The highest BCUT2D eigenvalue weighted by Gasteiger charge is 2.35. The van der Waals surface area contributed by atoms with Crippen LogP contribution >= 0.6 is 0 Å². The van der Waals surface area contributed by atoms with Gasteiger partial charge in [-0.15, -0.1) is 0 Å². The van der Waals surface area contributed by atoms with Crippen LogP contribution < -0.4 is 0 Å². The largest absolute Gasteiger partial charge is 0.339 e. The fourth-order valence-corrected chi connectivity index (χ4v) is 3.20. The van der Waals surface area contributed by atoms with Gasteiger partial charge in [0.25, 0.3) is 11.8 Å². The number of halogens is 2. The Balaban J connectivity index is 1.66. The Morgan fingerprint density at radius 1 is 1.04 bits per heavy atom. The molecule has 1 atom stereocenters. The van der Waals surface area contributed by atoms with Crippen molar-refractivity contribution >= 4 is 17.7 Å². The average molecular weight is 386 g/mol. The molecule has 0 saturated carbocycles. The zero-order chi connectivity index (χ0) is 20.6. The summed E-state index contributed by atoms with van der Waals surface area (Å²) in [6, 6.07) is 8.03. The standard InChI is InChI=1S/C21H20F2N2O3/c1-12-4-6-15-16(10-12)21(28)25(20(15)27)9-8-19(26)24(3)13(2)14-5-7-17(22)18(23)11-14/h4-7,10-11,13H,8-9H2,1-3H3. The summed E-state index contributed by atoms with van der Waals surface area (Å²) < 4.78 is 26.5. The van der Waals surface area contributed by atoms with E-state index in [1.807, 2.05) is 6.92 Å². The van der Waals surface area contributed by atoms with Gasteiger partial charge in [-0.05, 0) is 43.7 Å². The highest BCUT2D eigenvalue weighted by Crippen LogP contribution is 2.25. The number of benzene rings is 2. The van der Waals surface area contributed by atoms with E-state index in [2.05, 4.69) is 0 Å². The first-order chi connectivity index (χ1) is 13.2. The predicted molar refractivity (Wildman–Crippen MR) is 98.7 cm³/mol. The summed E-state index contributed by atoms with van der Waals surface area (Å²) in [5.74, 6) is -3.07. The van der Waals surface area contributed by atoms with Gasteiger partial charge in [0.15, 0.2) is 11.6 Å². The molecule has 2 aromatic carbocycles. The summed E-state index contributed by atoms with van der Waals surface area (Å²) >= 11 is 0. The lowest BCUT2D eigenvalue weighted by atomic mass is 10.1. The van der Waals surface area contributed by atoms with Gasteiger partial charge in [-0.3, -0.25) is 19.3 Å². The van der Waals surface area contributed by atoms with Crippen molar-refractivity contribution in [2.75, 3.05) is 13.6 Å². The van der Waals surface area contributed by atoms with Gasteiger partial charge in [-0.2, -0.15) is 0 Å². The summed E-state index contributed by atoms with van der Waals surface area (Å²) in [4.78, 5) is 39.9. The number of aryl methyl sites for hydroxylation is 1. The lowest BCUT2D eigenvalue weighted by Crippen LogP contribution is -2.36. The van der Waals surface area contributed by atoms with E-state index < -0.39 is 29.5 Å². The summed E-state index contributed by atoms with van der Waals surface area (Å²) in [6.45, 7) is 3.48. The lowest BCUT2D eigenvalue weighted by molar-refractivity contribution is -0.131. The van der Waals surface area contributed by atoms with Crippen LogP contribution in [0.5, 0.6) is 0 Å². The van der Waals surface area contributed by atoms with Crippen molar-refractivity contribution in [2.24, 2.45) is 0 Å². The SMILES string of the molecule is Cc1ccc2c(c1)C(=O)N(CCC(=O)N(C)C(C)c1ccc(F)c(F)c1)C2=O. The number of carbonyl (C=O) groups is 3. The second-order valence-corrected chi connectivity index (χ2v) is 6.92. The molecule has 0 fully saturated rings. The van der Waals surface area contributed by atoms with Crippen molar-refractivity contribution in [3.63, 3.8) is 0 Å². The van der Waals surface area contributed by atoms with Crippen LogP contribution in [0.25, 0.3) is 0 Å². The Labute approximate surface area is 161 Å². The molecule has 28 heavy (non-hydrogen) atoms. The van der Waals surface area contributed by atoms with Gasteiger partial charge in [0.05, 0.1) is 17.2 Å². The van der Waals surface area contributed by atoms with Gasteiger partial charge in [0, 0.05) is 20.0 Å². The van der Waals surface area contributed by atoms with Crippen LogP contribution in [0, 0.1) is 18.6 Å². The number of carbonyl (C=O) groups excluding carboxylic acids is 3. The zero-order valence-electron chi connectivity index (χ0n) is 15.8. The van der Waals surface area contributed by atoms with Crippen LogP contribution in [0.2, 0.25) is 0 Å². The van der Waals surface area contributed by atoms with Gasteiger partial charge >= 0.3 is 0 Å². The molecule has 3 rings (SSSR count). The topological polar surface area (TPSA) is 57.7 Å². The highest BCUT2D eigenvalue weighted by molar-refractivity contribution is 6.21. The average Bonchev–Trinajstić information content (AvgIpc) is 2.90. The van der Waals surface area contributed by atoms with E-state index in [1.165, 1.54) is 11.0 Å². The number of rotatable bonds is 5. The van der Waals surface area contributed by atoms with Crippen LogP contribution in [0.4, 0.5) is 8.78 Å². The van der Waals surface area contributed by atoms with Crippen LogP contribution in [-0.2, 0) is 4.79 Å². The number of amides is 3. The van der Waals surface area contributed by atoms with Gasteiger partial charge in [-0.1, -0.05) is 17.7 Å². The van der Waals surface area contributed by atoms with Crippen LogP contribution in [0.1, 0.15) is 51.2 Å². The summed E-state index contributed by atoms with van der Waals surface area (Å²) in [5.41, 5.74) is 2.01. The van der Waals surface area contributed by atoms with Gasteiger partial charge in [0.1, 0.15) is 0 Å². The van der Waals surface area contributed by atoms with E-state index in [0.29, 0.717) is 16.7 Å². The van der Waals surface area contributed by atoms with E-state index in [1.54, 1.807) is 32.2 Å². The van der Waals surface area contributed by atoms with Gasteiger partial charge in [-0.25, -0.2) is 8.78 Å². The Hall–Kier alpha value is -3.09. The molecule has 0 aliphatic carbocycles. The smallest absolute Gasteiger partial charge is 0.261 e. The van der Waals surface area contributed by atoms with Gasteiger partial charge < -0.3 is 4.90 Å². The molecule has 0 aromatic heterocycles. The van der Waals surface area contributed by atoms with Crippen LogP contribution in [0.3, 0.4) is 0 Å². The summed E-state index contributed by atoms with van der Waals surface area (Å²) in [6.07, 6.45) is -0.0605. The molecule has 0 saturated heterocycles. The molecule has 146 valence electrons. The second-order valence-electron chi connectivity index (χ2n) is 6.92. The number of hydrogen-bond acceptors (Lipinski definition) is 3. The Morgan fingerprint density at radius 2 is 1.71 bits per heavy atom. The second kappa shape index (κ2) is 7.50. The predicted octanol–water partition coefficient (Wildman–Crippen LogP) is 3.48. The van der Waals surface area contributed by atoms with Crippen LogP contribution in [-0.4, -0.2) is 41.1 Å². The third-order valence-electron chi connectivity index (χ3n) is 5.08. The molecule has 0 spiro atoms. The quantitative estimate of drug-likeness (QED) is 0.740. The Morgan fingerprint density at radius 3 is 2.39 bits per heavy atom. The van der Waals surface area contributed by atoms with E-state index in [-0.39, 0.29) is 18.9 Å². The number of hydrogen-bond donors (Lipinski definition) is 0. The first-order valence-electron chi connectivity index (χ1n) is 8.88. The molecule has 1 heterocycles. The summed E-state index contributed by atoms with van der Waals surface area (Å²) in [7, 11) is 1.54. The molecule has 3 amide bonds. The van der Waals surface area contributed by atoms with E-state index >= 15 is 0 Å².